The summed E-state index contributed by atoms with van der Waals surface area (Å²) in [6, 6.07) is 108. The summed E-state index contributed by atoms with van der Waals surface area (Å²) in [4.78, 5) is 27.9. The number of halogens is 1. The van der Waals surface area contributed by atoms with Gasteiger partial charge in [-0.25, -0.2) is 19.9 Å². The third-order valence-corrected chi connectivity index (χ3v) is 21.8. The zero-order valence-corrected chi connectivity index (χ0v) is 57.1. The van der Waals surface area contributed by atoms with Gasteiger partial charge in [0.1, 0.15) is 0 Å². The fourth-order valence-electron chi connectivity index (χ4n) is 16.6. The number of hydrogen-bond acceptors (Lipinski definition) is 8. The minimum absolute atomic E-state index is 0. The minimum Gasteiger partial charge on any atom is -0.399 e. The van der Waals surface area contributed by atoms with E-state index in [0.29, 0.717) is 29.1 Å². The molecule has 8 nitrogen and oxygen atoms in total. The van der Waals surface area contributed by atoms with Crippen molar-refractivity contribution in [2.24, 2.45) is 0 Å². The Morgan fingerprint density at radius 2 is 0.564 bits per heavy atom. The third-order valence-electron chi connectivity index (χ3n) is 21.7. The molecule has 2 aromatic heterocycles. The Morgan fingerprint density at radius 1 is 0.267 bits per heavy atom. The zero-order chi connectivity index (χ0) is 67.1. The van der Waals surface area contributed by atoms with Crippen LogP contribution in [0.2, 0.25) is 5.28 Å². The van der Waals surface area contributed by atoms with Crippen LogP contribution in [0, 0.1) is 7.43 Å². The Bertz CT molecular complexity index is 5770. The first-order chi connectivity index (χ1) is 49.0. The van der Waals surface area contributed by atoms with Gasteiger partial charge < -0.3 is 16.7 Å². The molecule has 3 heterocycles. The number of fused-ring (bicyclic) bond motifs is 14. The highest BCUT2D eigenvalue weighted by Gasteiger charge is 2.55. The van der Waals surface area contributed by atoms with Crippen molar-refractivity contribution >= 4 is 67.3 Å². The molecule has 0 radical (unpaired) electrons. The van der Waals surface area contributed by atoms with Crippen molar-refractivity contribution in [3.05, 3.63) is 361 Å². The molecule has 0 bridgehead atoms. The minimum atomic E-state index is -0.428. The zero-order valence-electron chi connectivity index (χ0n) is 56.3. The normalized spacial score (nSPS) is 14.9. The van der Waals surface area contributed by atoms with E-state index in [1.165, 1.54) is 110 Å². The molecule has 2 spiro atoms. The van der Waals surface area contributed by atoms with Crippen molar-refractivity contribution in [2.75, 3.05) is 0 Å². The van der Waals surface area contributed by atoms with Crippen LogP contribution >= 0.6 is 11.6 Å². The summed E-state index contributed by atoms with van der Waals surface area (Å²) >= 11 is 5.99. The molecule has 5 aliphatic rings. The van der Waals surface area contributed by atoms with Crippen LogP contribution in [0.1, 0.15) is 72.2 Å². The maximum absolute atomic E-state index is 6.49. The van der Waals surface area contributed by atoms with E-state index >= 15 is 0 Å². The van der Waals surface area contributed by atoms with Crippen molar-refractivity contribution in [2.45, 2.75) is 49.7 Å². The number of rotatable bonds is 6. The molecule has 1 fully saturated rings. The second-order valence-corrected chi connectivity index (χ2v) is 27.9. The molecule has 16 aromatic rings. The molecular formula is C91H65BClN6O2-. The number of aromatic nitrogens is 6. The van der Waals surface area contributed by atoms with Crippen LogP contribution in [0.15, 0.2) is 303 Å². The van der Waals surface area contributed by atoms with Gasteiger partial charge in [0.15, 0.2) is 29.1 Å². The topological polar surface area (TPSA) is 95.8 Å². The van der Waals surface area contributed by atoms with E-state index in [1.807, 2.05) is 97.1 Å². The lowest BCUT2D eigenvalue weighted by atomic mass is 9.68. The second-order valence-electron chi connectivity index (χ2n) is 27.5. The first-order valence-corrected chi connectivity index (χ1v) is 34.5. The molecule has 1 saturated heterocycles. The second kappa shape index (κ2) is 23.5. The van der Waals surface area contributed by atoms with E-state index in [-0.39, 0.29) is 29.3 Å². The van der Waals surface area contributed by atoms with Gasteiger partial charge in [0.25, 0.3) is 0 Å². The first kappa shape index (κ1) is 61.7. The first-order valence-electron chi connectivity index (χ1n) is 34.1. The maximum Gasteiger partial charge on any atom is 0.494 e. The molecule has 0 amide bonds. The molecule has 1 aliphatic heterocycles. The highest BCUT2D eigenvalue weighted by Crippen LogP contribution is 2.64. The van der Waals surface area contributed by atoms with Crippen molar-refractivity contribution in [1.29, 1.82) is 0 Å². The van der Waals surface area contributed by atoms with E-state index < -0.39 is 12.5 Å². The van der Waals surface area contributed by atoms with Crippen LogP contribution in [0.5, 0.6) is 0 Å². The Balaban J connectivity index is 0.000000117. The average Bonchev–Trinajstić information content (AvgIpc) is 1.51. The highest BCUT2D eigenvalue weighted by atomic mass is 35.5. The summed E-state index contributed by atoms with van der Waals surface area (Å²) in [6.07, 6.45) is 0. The van der Waals surface area contributed by atoms with Crippen molar-refractivity contribution in [3.63, 3.8) is 0 Å². The van der Waals surface area contributed by atoms with Crippen LogP contribution in [-0.4, -0.2) is 48.2 Å². The fraction of sp³-hybridized carbons (Fsp3) is 0.0879. The molecule has 14 aromatic carbocycles. The number of hydrogen-bond donors (Lipinski definition) is 0. The predicted octanol–water partition coefficient (Wildman–Crippen LogP) is 21.1. The molecule has 482 valence electrons. The Kier molecular flexibility index (Phi) is 14.4. The predicted molar refractivity (Wildman–Crippen MR) is 412 cm³/mol. The van der Waals surface area contributed by atoms with Crippen LogP contribution in [-0.2, 0) is 20.1 Å². The van der Waals surface area contributed by atoms with Crippen LogP contribution in [0.4, 0.5) is 0 Å². The molecule has 10 heteroatoms. The van der Waals surface area contributed by atoms with Crippen LogP contribution in [0.25, 0.3) is 122 Å². The van der Waals surface area contributed by atoms with Crippen molar-refractivity contribution < 1.29 is 9.31 Å². The Morgan fingerprint density at radius 3 is 0.941 bits per heavy atom. The standard InChI is InChI=1S/C42H25N3.C33H27BO2.C15H10ClN3.CH3/c1-3-11-28(12-4-1)39-43-40(29-13-5-2-6-14-29)45-41(44-39)30-23-24-32-31-17-7-8-18-33(31)42(36(32)25-30)34-19-9-15-26-21-22-27-16-10-20-35(42)38(27)37(26)34;1-31(2)32(3,4)36-34(35-31)22-17-18-24-23-11-5-6-12-25(23)33(28(24)19-22)26-13-7-9-20-15-16-21-10-8-14-27(33)30(21)29(20)26;16-15-18-13(11-7-3-1-4-8-11)17-14(19-15)12-9-5-2-6-10-12;/h1-25H;5-19H,1-4H3;1-10H;1H3/q;;;-1. The summed E-state index contributed by atoms with van der Waals surface area (Å²) < 4.78 is 13.0. The smallest absolute Gasteiger partial charge is 0.399 e. The highest BCUT2D eigenvalue weighted by molar-refractivity contribution is 6.62. The van der Waals surface area contributed by atoms with Crippen LogP contribution in [0.3, 0.4) is 0 Å². The van der Waals surface area contributed by atoms with Gasteiger partial charge in [-0.2, -0.15) is 9.97 Å². The summed E-state index contributed by atoms with van der Waals surface area (Å²) in [5.41, 5.74) is 20.2. The largest absolute Gasteiger partial charge is 0.494 e. The van der Waals surface area contributed by atoms with E-state index in [2.05, 4.69) is 249 Å². The van der Waals surface area contributed by atoms with Gasteiger partial charge in [0.2, 0.25) is 5.28 Å². The van der Waals surface area contributed by atoms with Gasteiger partial charge in [0, 0.05) is 27.8 Å². The van der Waals surface area contributed by atoms with Crippen molar-refractivity contribution in [1.82, 2.24) is 29.9 Å². The van der Waals surface area contributed by atoms with Gasteiger partial charge in [-0.05, 0) is 161 Å². The molecular weight excluding hydrogens is 1260 g/mol. The number of nitrogens with zero attached hydrogens (tertiary/aromatic N) is 6. The maximum atomic E-state index is 6.49. The molecule has 101 heavy (non-hydrogen) atoms. The number of benzene rings is 14. The van der Waals surface area contributed by atoms with Gasteiger partial charge in [-0.3, -0.25) is 0 Å². The summed E-state index contributed by atoms with van der Waals surface area (Å²) in [7, 11) is -0.392. The monoisotopic (exact) mass is 1320 g/mol. The molecule has 0 unspecified atom stereocenters. The summed E-state index contributed by atoms with van der Waals surface area (Å²) in [5, 5.41) is 10.9. The molecule has 0 N–H and O–H groups in total. The molecule has 0 saturated carbocycles. The summed E-state index contributed by atoms with van der Waals surface area (Å²) in [5.74, 6) is 3.17. The lowest BCUT2D eigenvalue weighted by Crippen LogP contribution is -2.41. The van der Waals surface area contributed by atoms with E-state index in [0.717, 1.165) is 33.3 Å². The lowest BCUT2D eigenvalue weighted by molar-refractivity contribution is 0.00578. The fourth-order valence-corrected chi connectivity index (χ4v) is 16.7. The quantitative estimate of drug-likeness (QED) is 0.0923. The van der Waals surface area contributed by atoms with Crippen molar-refractivity contribution in [3.8, 4) is 79.2 Å². The van der Waals surface area contributed by atoms with Gasteiger partial charge >= 0.3 is 7.12 Å². The third kappa shape index (κ3) is 9.37. The molecule has 4 aliphatic carbocycles. The molecule has 0 atom stereocenters. The Labute approximate surface area is 592 Å². The van der Waals surface area contributed by atoms with E-state index in [9.17, 15) is 0 Å². The van der Waals surface area contributed by atoms with Gasteiger partial charge in [0.05, 0.1) is 22.0 Å². The SMILES string of the molecule is CC1(C)OB(c2ccc3c(c2)C2(c4ccccc4-3)c3cccc4ccc5cccc2c5c34)OC1(C)C.Clc1nc(-c2ccccc2)nc(-c2ccccc2)n1.[CH3-].c1ccc(-c2nc(-c3ccccc3)nc(-c3ccc4c(c3)C3(c5ccccc5-4)c4cccc5ccc6cccc3c6c45)n2)cc1. The van der Waals surface area contributed by atoms with Gasteiger partial charge in [-0.1, -0.05) is 297 Å². The lowest BCUT2D eigenvalue weighted by Gasteiger charge is -2.32. The van der Waals surface area contributed by atoms with Crippen LogP contribution < -0.4 is 5.46 Å². The van der Waals surface area contributed by atoms with Gasteiger partial charge in [-0.15, -0.1) is 0 Å². The average molecular weight is 1320 g/mol. The van der Waals surface area contributed by atoms with E-state index in [1.54, 1.807) is 0 Å². The Hall–Kier alpha value is -11.6. The molecule has 21 rings (SSSR count). The summed E-state index contributed by atoms with van der Waals surface area (Å²) in [6.45, 7) is 8.47. The van der Waals surface area contributed by atoms with E-state index in [4.69, 9.17) is 35.9 Å².